The second-order valence-corrected chi connectivity index (χ2v) is 6.06. The Kier molecular flexibility index (Phi) is 5.12. The summed E-state index contributed by atoms with van der Waals surface area (Å²) in [5.41, 5.74) is 1.03. The third-order valence-corrected chi connectivity index (χ3v) is 4.47. The lowest BCUT2D eigenvalue weighted by Gasteiger charge is -2.20. The number of anilines is 1. The van der Waals surface area contributed by atoms with E-state index < -0.39 is 0 Å². The largest absolute Gasteiger partial charge is 0.493 e. The van der Waals surface area contributed by atoms with Crippen LogP contribution >= 0.6 is 0 Å². The van der Waals surface area contributed by atoms with Gasteiger partial charge in [-0.15, -0.1) is 0 Å². The minimum atomic E-state index is -0.246. The number of benzene rings is 2. The minimum Gasteiger partial charge on any atom is -0.493 e. The third-order valence-electron chi connectivity index (χ3n) is 4.47. The number of hydrogen-bond donors (Lipinski definition) is 0. The first kappa shape index (κ1) is 18.4. The number of carbonyl (C=O) groups excluding carboxylic acids is 1. The molecule has 0 aliphatic heterocycles. The average Bonchev–Trinajstić information content (AvgIpc) is 2.69. The quantitative estimate of drug-likeness (QED) is 0.692. The van der Waals surface area contributed by atoms with Gasteiger partial charge in [0.05, 0.1) is 25.1 Å². The van der Waals surface area contributed by atoms with Crippen LogP contribution in [0.5, 0.6) is 11.5 Å². The van der Waals surface area contributed by atoms with Crippen LogP contribution in [0.2, 0.25) is 0 Å². The Morgan fingerprint density at radius 2 is 1.81 bits per heavy atom. The number of amides is 1. The Balaban J connectivity index is 1.91. The van der Waals surface area contributed by atoms with Gasteiger partial charge in [-0.05, 0) is 31.2 Å². The molecule has 1 aromatic heterocycles. The first-order chi connectivity index (χ1) is 13.0. The summed E-state index contributed by atoms with van der Waals surface area (Å²) in [6.07, 6.45) is 0. The molecule has 7 nitrogen and oxygen atoms in total. The van der Waals surface area contributed by atoms with E-state index >= 15 is 0 Å². The second-order valence-electron chi connectivity index (χ2n) is 6.06. The van der Waals surface area contributed by atoms with Gasteiger partial charge in [0.2, 0.25) is 5.91 Å². The van der Waals surface area contributed by atoms with Crippen molar-refractivity contribution in [2.45, 2.75) is 13.5 Å². The summed E-state index contributed by atoms with van der Waals surface area (Å²) in [6.45, 7) is 1.62. The molecule has 3 aromatic rings. The number of ether oxygens (including phenoxy) is 2. The number of carbonyl (C=O) groups is 1. The number of hydrogen-bond acceptors (Lipinski definition) is 5. The lowest BCUT2D eigenvalue weighted by Crippen LogP contribution is -2.35. The van der Waals surface area contributed by atoms with E-state index in [0.717, 1.165) is 0 Å². The predicted molar refractivity (Wildman–Crippen MR) is 104 cm³/mol. The van der Waals surface area contributed by atoms with Crippen LogP contribution in [0.4, 0.5) is 5.69 Å². The van der Waals surface area contributed by atoms with E-state index in [4.69, 9.17) is 9.47 Å². The third kappa shape index (κ3) is 3.48. The summed E-state index contributed by atoms with van der Waals surface area (Å²) in [5, 5.41) is 0.490. The number of nitrogens with zero attached hydrogens (tertiary/aromatic N) is 3. The van der Waals surface area contributed by atoms with Gasteiger partial charge in [0.15, 0.2) is 11.5 Å². The van der Waals surface area contributed by atoms with Crippen LogP contribution in [-0.2, 0) is 11.3 Å². The molecular weight excluding hydrogens is 346 g/mol. The molecule has 0 saturated carbocycles. The van der Waals surface area contributed by atoms with Gasteiger partial charge in [-0.25, -0.2) is 4.98 Å². The number of fused-ring (bicyclic) bond motifs is 1. The topological polar surface area (TPSA) is 73.7 Å². The van der Waals surface area contributed by atoms with Crippen LogP contribution in [0.15, 0.2) is 47.3 Å². The maximum atomic E-state index is 12.8. The lowest BCUT2D eigenvalue weighted by molar-refractivity contribution is -0.119. The van der Waals surface area contributed by atoms with Crippen LogP contribution in [-0.4, -0.2) is 36.7 Å². The van der Waals surface area contributed by atoms with Gasteiger partial charge < -0.3 is 14.4 Å². The molecule has 0 aliphatic carbocycles. The monoisotopic (exact) mass is 367 g/mol. The van der Waals surface area contributed by atoms with Crippen LogP contribution in [0.1, 0.15) is 5.82 Å². The molecule has 7 heteroatoms. The SMILES string of the molecule is COc1ccc(N(C)C(=O)Cn2c(C)nc3ccccc3c2=O)cc1OC. The molecule has 0 radical (unpaired) electrons. The van der Waals surface area contributed by atoms with E-state index in [1.165, 1.54) is 16.6 Å². The summed E-state index contributed by atoms with van der Waals surface area (Å²) in [7, 11) is 4.74. The summed E-state index contributed by atoms with van der Waals surface area (Å²) < 4.78 is 11.9. The Morgan fingerprint density at radius 3 is 2.52 bits per heavy atom. The summed E-state index contributed by atoms with van der Waals surface area (Å²) in [6, 6.07) is 12.3. The van der Waals surface area contributed by atoms with E-state index in [1.54, 1.807) is 57.5 Å². The fourth-order valence-corrected chi connectivity index (χ4v) is 2.88. The highest BCUT2D eigenvalue weighted by Crippen LogP contribution is 2.31. The second kappa shape index (κ2) is 7.49. The van der Waals surface area contributed by atoms with Gasteiger partial charge in [-0.1, -0.05) is 12.1 Å². The van der Waals surface area contributed by atoms with Gasteiger partial charge in [0, 0.05) is 18.8 Å². The Bertz CT molecular complexity index is 1060. The molecule has 27 heavy (non-hydrogen) atoms. The number of methoxy groups -OCH3 is 2. The van der Waals surface area contributed by atoms with E-state index in [1.807, 2.05) is 6.07 Å². The van der Waals surface area contributed by atoms with Crippen molar-refractivity contribution in [2.24, 2.45) is 0 Å². The number of para-hydroxylation sites is 1. The molecule has 3 rings (SSSR count). The Hall–Kier alpha value is -3.35. The fraction of sp³-hybridized carbons (Fsp3) is 0.250. The molecule has 0 bridgehead atoms. The zero-order valence-electron chi connectivity index (χ0n) is 15.7. The highest BCUT2D eigenvalue weighted by molar-refractivity contribution is 5.93. The summed E-state index contributed by atoms with van der Waals surface area (Å²) >= 11 is 0. The highest BCUT2D eigenvalue weighted by atomic mass is 16.5. The molecule has 1 amide bonds. The van der Waals surface area contributed by atoms with Gasteiger partial charge in [-0.2, -0.15) is 0 Å². The number of aromatic nitrogens is 2. The van der Waals surface area contributed by atoms with Crippen LogP contribution in [0.3, 0.4) is 0 Å². The molecule has 0 N–H and O–H groups in total. The standard InChI is InChI=1S/C20H21N3O4/c1-13-21-16-8-6-5-7-15(16)20(25)23(13)12-19(24)22(2)14-9-10-17(26-3)18(11-14)27-4/h5-11H,12H2,1-4H3. The molecular formula is C20H21N3O4. The van der Waals surface area contributed by atoms with Crippen molar-refractivity contribution < 1.29 is 14.3 Å². The fourth-order valence-electron chi connectivity index (χ4n) is 2.88. The van der Waals surface area contributed by atoms with Crippen molar-refractivity contribution >= 4 is 22.5 Å². The summed E-state index contributed by atoms with van der Waals surface area (Å²) in [4.78, 5) is 31.4. The molecule has 0 aliphatic rings. The Morgan fingerprint density at radius 1 is 1.11 bits per heavy atom. The minimum absolute atomic E-state index is 0.104. The normalized spacial score (nSPS) is 10.7. The van der Waals surface area contributed by atoms with E-state index in [2.05, 4.69) is 4.98 Å². The van der Waals surface area contributed by atoms with Crippen molar-refractivity contribution in [1.82, 2.24) is 9.55 Å². The molecule has 0 saturated heterocycles. The molecule has 0 atom stereocenters. The number of likely N-dealkylation sites (N-methyl/N-ethyl adjacent to an activating group) is 1. The predicted octanol–water partition coefficient (Wildman–Crippen LogP) is 2.39. The summed E-state index contributed by atoms with van der Waals surface area (Å²) in [5.74, 6) is 1.35. The van der Waals surface area contributed by atoms with Crippen molar-refractivity contribution in [3.8, 4) is 11.5 Å². The molecule has 140 valence electrons. The van der Waals surface area contributed by atoms with Crippen LogP contribution in [0.25, 0.3) is 10.9 Å². The number of rotatable bonds is 5. The van der Waals surface area contributed by atoms with Crippen molar-refractivity contribution in [1.29, 1.82) is 0 Å². The van der Waals surface area contributed by atoms with E-state index in [-0.39, 0.29) is 18.0 Å². The maximum Gasteiger partial charge on any atom is 0.261 e. The maximum absolute atomic E-state index is 12.8. The average molecular weight is 367 g/mol. The van der Waals surface area contributed by atoms with E-state index in [0.29, 0.717) is 33.9 Å². The Labute approximate surface area is 156 Å². The molecule has 0 unspecified atom stereocenters. The molecule has 0 fully saturated rings. The lowest BCUT2D eigenvalue weighted by atomic mass is 10.2. The van der Waals surface area contributed by atoms with Gasteiger partial charge in [-0.3, -0.25) is 14.2 Å². The van der Waals surface area contributed by atoms with Crippen molar-refractivity contribution in [3.05, 3.63) is 58.6 Å². The van der Waals surface area contributed by atoms with Crippen LogP contribution < -0.4 is 19.9 Å². The van der Waals surface area contributed by atoms with Crippen LogP contribution in [0, 0.1) is 6.92 Å². The zero-order valence-corrected chi connectivity index (χ0v) is 15.7. The molecule has 0 spiro atoms. The smallest absolute Gasteiger partial charge is 0.261 e. The molecule has 1 heterocycles. The number of aryl methyl sites for hydroxylation is 1. The van der Waals surface area contributed by atoms with Gasteiger partial charge in [0.25, 0.3) is 5.56 Å². The van der Waals surface area contributed by atoms with Gasteiger partial charge >= 0.3 is 0 Å². The van der Waals surface area contributed by atoms with Crippen molar-refractivity contribution in [3.63, 3.8) is 0 Å². The van der Waals surface area contributed by atoms with Gasteiger partial charge in [0.1, 0.15) is 12.4 Å². The highest BCUT2D eigenvalue weighted by Gasteiger charge is 2.17. The molecule has 2 aromatic carbocycles. The first-order valence-corrected chi connectivity index (χ1v) is 8.41. The first-order valence-electron chi connectivity index (χ1n) is 8.41. The zero-order chi connectivity index (χ0) is 19.6. The van der Waals surface area contributed by atoms with Crippen molar-refractivity contribution in [2.75, 3.05) is 26.2 Å². The van der Waals surface area contributed by atoms with E-state index in [9.17, 15) is 9.59 Å².